The summed E-state index contributed by atoms with van der Waals surface area (Å²) in [6.45, 7) is 0.430. The van der Waals surface area contributed by atoms with Gasteiger partial charge in [0.25, 0.3) is 0 Å². The summed E-state index contributed by atoms with van der Waals surface area (Å²) in [6, 6.07) is 7.77. The zero-order valence-corrected chi connectivity index (χ0v) is 31.9. The van der Waals surface area contributed by atoms with Crippen LogP contribution in [0.2, 0.25) is 0 Å². The van der Waals surface area contributed by atoms with E-state index in [1.165, 1.54) is 30.8 Å². The lowest BCUT2D eigenvalue weighted by atomic mass is 10.0. The van der Waals surface area contributed by atoms with Gasteiger partial charge in [0.15, 0.2) is 6.04 Å². The topological polar surface area (TPSA) is 305 Å². The van der Waals surface area contributed by atoms with E-state index in [-0.39, 0.29) is 25.0 Å². The van der Waals surface area contributed by atoms with Crippen LogP contribution in [0.15, 0.2) is 54.6 Å². The van der Waals surface area contributed by atoms with Gasteiger partial charge in [-0.1, -0.05) is 42.5 Å². The molecule has 0 aromatic heterocycles. The van der Waals surface area contributed by atoms with Crippen LogP contribution in [-0.4, -0.2) is 131 Å². The van der Waals surface area contributed by atoms with Crippen LogP contribution in [0.4, 0.5) is 0 Å². The Balaban J connectivity index is 2.09. The molecular formula is C36H49N7O12S. The Morgan fingerprint density at radius 3 is 1.91 bits per heavy atom. The molecule has 56 heavy (non-hydrogen) atoms. The average Bonchev–Trinajstić information content (AvgIpc) is 3.15. The maximum absolute atomic E-state index is 13.7. The third-order valence-corrected chi connectivity index (χ3v) is 8.55. The second-order valence-electron chi connectivity index (χ2n) is 12.6. The van der Waals surface area contributed by atoms with Gasteiger partial charge < -0.3 is 57.7 Å². The zero-order chi connectivity index (χ0) is 41.8. The molecule has 0 heterocycles. The number of ether oxygens (including phenoxy) is 1. The fraction of sp³-hybridized carbons (Fsp3) is 0.444. The van der Waals surface area contributed by atoms with Gasteiger partial charge in [-0.2, -0.15) is 11.8 Å². The number of carbonyl (C=O) groups is 8. The van der Waals surface area contributed by atoms with Crippen LogP contribution in [0.1, 0.15) is 31.4 Å². The number of esters is 1. The third-order valence-electron chi connectivity index (χ3n) is 7.91. The lowest BCUT2D eigenvalue weighted by Crippen LogP contribution is -2.61. The van der Waals surface area contributed by atoms with Crippen molar-refractivity contribution in [3.63, 3.8) is 0 Å². The summed E-state index contributed by atoms with van der Waals surface area (Å²) in [7, 11) is 0. The van der Waals surface area contributed by atoms with Gasteiger partial charge in [0, 0.05) is 13.3 Å². The Bertz CT molecular complexity index is 1660. The molecule has 19 nitrogen and oxygen atoms in total. The number of aliphatic hydroxyl groups excluding tert-OH is 1. The molecule has 2 aromatic carbocycles. The zero-order valence-electron chi connectivity index (χ0n) is 31.1. The first-order chi connectivity index (χ1) is 26.5. The van der Waals surface area contributed by atoms with Gasteiger partial charge in [0.2, 0.25) is 35.4 Å². The highest BCUT2D eigenvalue weighted by molar-refractivity contribution is 7.98. The molecule has 0 aliphatic heterocycles. The predicted octanol–water partition coefficient (Wildman–Crippen LogP) is -2.54. The number of rotatable bonds is 23. The average molecular weight is 804 g/mol. The maximum Gasteiger partial charge on any atom is 0.329 e. The highest BCUT2D eigenvalue weighted by atomic mass is 32.2. The highest BCUT2D eigenvalue weighted by Gasteiger charge is 2.33. The Morgan fingerprint density at radius 1 is 0.732 bits per heavy atom. The summed E-state index contributed by atoms with van der Waals surface area (Å²) in [5, 5.41) is 43.5. The fourth-order valence-electron chi connectivity index (χ4n) is 4.90. The lowest BCUT2D eigenvalue weighted by molar-refractivity contribution is -0.149. The fourth-order valence-corrected chi connectivity index (χ4v) is 5.37. The minimum atomic E-state index is -1.69. The van der Waals surface area contributed by atoms with Crippen LogP contribution >= 0.6 is 11.8 Å². The number of hydrogen-bond donors (Lipinski definition) is 10. The van der Waals surface area contributed by atoms with Gasteiger partial charge in [-0.3, -0.25) is 33.6 Å². The molecule has 0 aliphatic rings. The van der Waals surface area contributed by atoms with Gasteiger partial charge in [-0.25, -0.2) is 4.79 Å². The van der Waals surface area contributed by atoms with Crippen molar-refractivity contribution >= 4 is 59.1 Å². The van der Waals surface area contributed by atoms with Crippen molar-refractivity contribution in [1.82, 2.24) is 31.9 Å². The quantitative estimate of drug-likeness (QED) is 0.0518. The number of hydrogen-bond acceptors (Lipinski definition) is 13. The van der Waals surface area contributed by atoms with Crippen LogP contribution in [0.3, 0.4) is 0 Å². The van der Waals surface area contributed by atoms with Crippen LogP contribution in [0.5, 0.6) is 5.75 Å². The molecule has 2 aromatic rings. The highest BCUT2D eigenvalue weighted by Crippen LogP contribution is 2.11. The number of nitrogens with two attached hydrogens (primary N) is 1. The normalized spacial score (nSPS) is 13.9. The summed E-state index contributed by atoms with van der Waals surface area (Å²) in [4.78, 5) is 101. The van der Waals surface area contributed by atoms with Gasteiger partial charge in [-0.05, 0) is 55.0 Å². The van der Waals surface area contributed by atoms with E-state index in [0.717, 1.165) is 6.92 Å². The van der Waals surface area contributed by atoms with E-state index in [9.17, 15) is 53.7 Å². The monoisotopic (exact) mass is 803 g/mol. The number of aliphatic carboxylic acids is 1. The molecule has 0 unspecified atom stereocenters. The molecule has 0 fully saturated rings. The Kier molecular flexibility index (Phi) is 19.8. The number of aromatic hydroxyl groups is 1. The van der Waals surface area contributed by atoms with Crippen molar-refractivity contribution in [3.05, 3.63) is 65.7 Å². The molecule has 6 atom stereocenters. The number of carboxylic acids is 1. The minimum Gasteiger partial charge on any atom is -0.508 e. The molecule has 306 valence electrons. The summed E-state index contributed by atoms with van der Waals surface area (Å²) < 4.78 is 4.67. The van der Waals surface area contributed by atoms with Gasteiger partial charge in [0.05, 0.1) is 25.2 Å². The number of amides is 6. The minimum absolute atomic E-state index is 0.0319. The van der Waals surface area contributed by atoms with Gasteiger partial charge in [0.1, 0.15) is 30.5 Å². The van der Waals surface area contributed by atoms with Crippen LogP contribution in [0.25, 0.3) is 0 Å². The maximum atomic E-state index is 13.7. The van der Waals surface area contributed by atoms with Gasteiger partial charge in [-0.15, -0.1) is 0 Å². The first-order valence-electron chi connectivity index (χ1n) is 17.4. The molecule has 0 saturated carbocycles. The van der Waals surface area contributed by atoms with Crippen LogP contribution in [-0.2, 0) is 55.9 Å². The second kappa shape index (κ2) is 23.9. The van der Waals surface area contributed by atoms with Crippen molar-refractivity contribution < 1.29 is 58.4 Å². The summed E-state index contributed by atoms with van der Waals surface area (Å²) in [6.07, 6.45) is 0.375. The lowest BCUT2D eigenvalue weighted by Gasteiger charge is -2.27. The Labute approximate surface area is 327 Å². The number of carboxylic acid groups (broad SMARTS) is 1. The summed E-state index contributed by atoms with van der Waals surface area (Å²) in [5.74, 6) is -6.85. The third kappa shape index (κ3) is 17.2. The van der Waals surface area contributed by atoms with E-state index in [0.29, 0.717) is 16.9 Å². The van der Waals surface area contributed by atoms with Crippen molar-refractivity contribution in [2.45, 2.75) is 69.4 Å². The smallest absolute Gasteiger partial charge is 0.329 e. The van der Waals surface area contributed by atoms with E-state index in [1.807, 2.05) is 0 Å². The number of phenolic OH excluding ortho intramolecular Hbond substituents is 1. The number of carbonyl (C=O) groups excluding carboxylic acids is 7. The Morgan fingerprint density at radius 2 is 1.32 bits per heavy atom. The van der Waals surface area contributed by atoms with Crippen molar-refractivity contribution in [1.29, 1.82) is 0 Å². The summed E-state index contributed by atoms with van der Waals surface area (Å²) >= 11 is 1.35. The molecule has 2 rings (SSSR count). The van der Waals surface area contributed by atoms with E-state index in [4.69, 9.17) is 5.73 Å². The van der Waals surface area contributed by atoms with Crippen molar-refractivity contribution in [2.24, 2.45) is 5.73 Å². The molecule has 0 radical (unpaired) electrons. The summed E-state index contributed by atoms with van der Waals surface area (Å²) in [5.41, 5.74) is 7.25. The molecule has 0 spiro atoms. The first kappa shape index (κ1) is 46.4. The number of aliphatic hydroxyl groups is 1. The molecule has 20 heteroatoms. The molecular weight excluding hydrogens is 755 g/mol. The van der Waals surface area contributed by atoms with E-state index >= 15 is 0 Å². The van der Waals surface area contributed by atoms with E-state index in [1.54, 1.807) is 48.7 Å². The van der Waals surface area contributed by atoms with Crippen LogP contribution < -0.4 is 37.6 Å². The van der Waals surface area contributed by atoms with Crippen molar-refractivity contribution in [2.75, 3.05) is 31.7 Å². The van der Waals surface area contributed by atoms with E-state index < -0.39 is 103 Å². The standard InChI is InChI=1S/C36H49N7O12S/c1-20(44)31(35(52)42-28(36(53)54)19-55-21(2)45)43-33(50)26(13-14-56-3)41-34(51)27(16-22-7-5-4-6-8-22)40-30(48)18-38-29(47)17-39-32(49)25(37)15-23-9-11-24(46)12-10-23/h4-12,20,25-28,31,44,46H,13-19,37H2,1-3H3,(H,38,47)(H,39,49)(H,40,48)(H,41,51)(H,42,52)(H,43,50)(H,53,54)/t20-,25+,26+,27+,28+,31+/m1/s1. The molecule has 6 amide bonds. The largest absolute Gasteiger partial charge is 0.508 e. The van der Waals surface area contributed by atoms with Crippen LogP contribution in [0, 0.1) is 0 Å². The van der Waals surface area contributed by atoms with Crippen molar-refractivity contribution in [3.8, 4) is 5.75 Å². The SMILES string of the molecule is CSCC[C@H](NC(=O)[C@H](Cc1ccccc1)NC(=O)CNC(=O)CNC(=O)[C@@H](N)Cc1ccc(O)cc1)C(=O)N[C@H](C(=O)N[C@@H](COC(C)=O)C(=O)O)[C@@H](C)O. The number of phenols is 1. The number of nitrogens with one attached hydrogen (secondary N) is 6. The molecule has 0 bridgehead atoms. The molecule has 11 N–H and O–H groups in total. The first-order valence-corrected chi connectivity index (χ1v) is 18.8. The second-order valence-corrected chi connectivity index (χ2v) is 13.5. The van der Waals surface area contributed by atoms with Gasteiger partial charge >= 0.3 is 11.9 Å². The van der Waals surface area contributed by atoms with E-state index in [2.05, 4.69) is 36.6 Å². The molecule has 0 saturated heterocycles. The Hall–Kier alpha value is -5.73. The number of thioether (sulfide) groups is 1. The predicted molar refractivity (Wildman–Crippen MR) is 203 cm³/mol. The molecule has 0 aliphatic carbocycles. The number of benzene rings is 2.